The lowest BCUT2D eigenvalue weighted by Gasteiger charge is -2.33. The average Bonchev–Trinajstić information content (AvgIpc) is 2.13. The molecule has 0 saturated heterocycles. The fraction of sp³-hybridized carbons (Fsp3) is 0.846. The first-order chi connectivity index (χ1) is 7.60. The van der Waals surface area contributed by atoms with Crippen molar-refractivity contribution in [2.45, 2.75) is 71.6 Å². The molecule has 0 rings (SSSR count). The standard InChI is InChI=1S/C13H30O2Si2/c1-9-16(6,7)10-11-17(8,14-12(2)3)15-13(4)5/h9,12-13H,1,10-11H2,2-8H3. The van der Waals surface area contributed by atoms with Crippen LogP contribution in [0.4, 0.5) is 0 Å². The fourth-order valence-electron chi connectivity index (χ4n) is 1.79. The van der Waals surface area contributed by atoms with E-state index < -0.39 is 16.6 Å². The lowest BCUT2D eigenvalue weighted by molar-refractivity contribution is 0.110. The lowest BCUT2D eigenvalue weighted by Crippen LogP contribution is -2.44. The monoisotopic (exact) mass is 274 g/mol. The van der Waals surface area contributed by atoms with E-state index in [0.717, 1.165) is 6.04 Å². The van der Waals surface area contributed by atoms with Gasteiger partial charge in [0.15, 0.2) is 0 Å². The molecule has 0 spiro atoms. The molecule has 102 valence electrons. The Morgan fingerprint density at radius 3 is 1.65 bits per heavy atom. The number of hydrogen-bond donors (Lipinski definition) is 0. The highest BCUT2D eigenvalue weighted by atomic mass is 28.4. The van der Waals surface area contributed by atoms with Gasteiger partial charge < -0.3 is 8.85 Å². The Labute approximate surface area is 110 Å². The van der Waals surface area contributed by atoms with Gasteiger partial charge in [-0.25, -0.2) is 0 Å². The van der Waals surface area contributed by atoms with Crippen molar-refractivity contribution in [3.05, 3.63) is 12.3 Å². The first kappa shape index (κ1) is 17.1. The summed E-state index contributed by atoms with van der Waals surface area (Å²) in [6.45, 7) is 19.2. The molecule has 17 heavy (non-hydrogen) atoms. The molecule has 0 amide bonds. The summed E-state index contributed by atoms with van der Waals surface area (Å²) in [5, 5.41) is 0. The van der Waals surface area contributed by atoms with Gasteiger partial charge in [-0.2, -0.15) is 0 Å². The van der Waals surface area contributed by atoms with Crippen LogP contribution in [-0.2, 0) is 8.85 Å². The molecule has 0 radical (unpaired) electrons. The van der Waals surface area contributed by atoms with Crippen molar-refractivity contribution in [3.8, 4) is 0 Å². The molecule has 0 aliphatic carbocycles. The normalized spacial score (nSPS) is 13.5. The Balaban J connectivity index is 4.53. The SMILES string of the molecule is C=C[Si](C)(C)CC[Si](C)(OC(C)C)OC(C)C. The molecule has 0 aliphatic rings. The van der Waals surface area contributed by atoms with E-state index >= 15 is 0 Å². The van der Waals surface area contributed by atoms with E-state index in [4.69, 9.17) is 8.85 Å². The van der Waals surface area contributed by atoms with Crippen LogP contribution in [0.2, 0.25) is 31.7 Å². The van der Waals surface area contributed by atoms with Gasteiger partial charge in [0, 0.05) is 12.2 Å². The first-order valence-electron chi connectivity index (χ1n) is 6.59. The third-order valence-electron chi connectivity index (χ3n) is 2.75. The molecule has 0 aromatic carbocycles. The largest absolute Gasteiger partial charge is 0.392 e. The molecule has 0 fully saturated rings. The second-order valence-electron chi connectivity index (χ2n) is 6.16. The molecule has 2 nitrogen and oxygen atoms in total. The molecule has 0 bridgehead atoms. The van der Waals surface area contributed by atoms with Crippen molar-refractivity contribution in [1.82, 2.24) is 0 Å². The van der Waals surface area contributed by atoms with Gasteiger partial charge in [0.1, 0.15) is 0 Å². The molecule has 0 heterocycles. The fourth-order valence-corrected chi connectivity index (χ4v) is 8.68. The summed E-state index contributed by atoms with van der Waals surface area (Å²) in [6.07, 6.45) is 0.498. The van der Waals surface area contributed by atoms with Gasteiger partial charge in [-0.05, 0) is 40.3 Å². The van der Waals surface area contributed by atoms with Crippen molar-refractivity contribution in [3.63, 3.8) is 0 Å². The third kappa shape index (κ3) is 7.92. The zero-order chi connectivity index (χ0) is 13.7. The number of hydrogen-bond acceptors (Lipinski definition) is 2. The molecule has 0 saturated carbocycles. The molecule has 0 unspecified atom stereocenters. The highest BCUT2D eigenvalue weighted by Gasteiger charge is 2.35. The Morgan fingerprint density at radius 1 is 0.941 bits per heavy atom. The second kappa shape index (κ2) is 6.87. The van der Waals surface area contributed by atoms with Crippen LogP contribution in [0.25, 0.3) is 0 Å². The quantitative estimate of drug-likeness (QED) is 0.613. The molecule has 4 heteroatoms. The van der Waals surface area contributed by atoms with Crippen LogP contribution in [0, 0.1) is 0 Å². The van der Waals surface area contributed by atoms with E-state index in [1.54, 1.807) is 0 Å². The predicted molar refractivity (Wildman–Crippen MR) is 81.4 cm³/mol. The van der Waals surface area contributed by atoms with Crippen LogP contribution in [0.3, 0.4) is 0 Å². The molecular formula is C13H30O2Si2. The van der Waals surface area contributed by atoms with Crippen molar-refractivity contribution in [2.24, 2.45) is 0 Å². The topological polar surface area (TPSA) is 18.5 Å². The average molecular weight is 275 g/mol. The summed E-state index contributed by atoms with van der Waals surface area (Å²) in [7, 11) is -3.27. The van der Waals surface area contributed by atoms with E-state index in [1.807, 2.05) is 0 Å². The van der Waals surface area contributed by atoms with E-state index in [2.05, 4.69) is 59.6 Å². The van der Waals surface area contributed by atoms with Crippen molar-refractivity contribution < 1.29 is 8.85 Å². The summed E-state index contributed by atoms with van der Waals surface area (Å²) in [6, 6.07) is 2.28. The molecular weight excluding hydrogens is 244 g/mol. The minimum atomic E-state index is -2.01. The van der Waals surface area contributed by atoms with Crippen LogP contribution in [0.1, 0.15) is 27.7 Å². The van der Waals surface area contributed by atoms with Crippen LogP contribution >= 0.6 is 0 Å². The van der Waals surface area contributed by atoms with E-state index in [-0.39, 0.29) is 12.2 Å². The van der Waals surface area contributed by atoms with Gasteiger partial charge in [-0.1, -0.05) is 19.1 Å². The van der Waals surface area contributed by atoms with Gasteiger partial charge in [0.25, 0.3) is 0 Å². The van der Waals surface area contributed by atoms with E-state index in [9.17, 15) is 0 Å². The Hall–Kier alpha value is 0.0938. The minimum absolute atomic E-state index is 0.249. The maximum Gasteiger partial charge on any atom is 0.335 e. The maximum absolute atomic E-state index is 6.09. The van der Waals surface area contributed by atoms with Crippen molar-refractivity contribution >= 4 is 16.6 Å². The molecule has 0 N–H and O–H groups in total. The van der Waals surface area contributed by atoms with Gasteiger partial charge >= 0.3 is 8.56 Å². The number of rotatable bonds is 8. The van der Waals surface area contributed by atoms with Gasteiger partial charge in [-0.15, -0.1) is 12.3 Å². The van der Waals surface area contributed by atoms with Crippen LogP contribution in [-0.4, -0.2) is 28.8 Å². The smallest absolute Gasteiger partial charge is 0.335 e. The lowest BCUT2D eigenvalue weighted by atomic mass is 10.5. The highest BCUT2D eigenvalue weighted by Crippen LogP contribution is 2.25. The summed E-state index contributed by atoms with van der Waals surface area (Å²) in [5.41, 5.74) is 2.16. The predicted octanol–water partition coefficient (Wildman–Crippen LogP) is 4.34. The second-order valence-corrected chi connectivity index (χ2v) is 14.3. The Kier molecular flexibility index (Phi) is 6.91. The molecule has 0 aromatic heterocycles. The third-order valence-corrected chi connectivity index (χ3v) is 8.99. The Bertz CT molecular complexity index is 228. The maximum atomic E-state index is 6.09. The minimum Gasteiger partial charge on any atom is -0.392 e. The summed E-state index contributed by atoms with van der Waals surface area (Å²) in [5.74, 6) is 0. The van der Waals surface area contributed by atoms with Gasteiger partial charge in [0.2, 0.25) is 0 Å². The van der Waals surface area contributed by atoms with Gasteiger partial charge in [-0.3, -0.25) is 0 Å². The van der Waals surface area contributed by atoms with Crippen LogP contribution in [0.5, 0.6) is 0 Å². The zero-order valence-electron chi connectivity index (χ0n) is 12.7. The first-order valence-corrected chi connectivity index (χ1v) is 12.4. The van der Waals surface area contributed by atoms with E-state index in [1.165, 1.54) is 6.04 Å². The zero-order valence-corrected chi connectivity index (χ0v) is 14.7. The molecule has 0 aromatic rings. The van der Waals surface area contributed by atoms with Gasteiger partial charge in [0.05, 0.1) is 8.07 Å². The summed E-state index contributed by atoms with van der Waals surface area (Å²) >= 11 is 0. The molecule has 0 aliphatic heterocycles. The van der Waals surface area contributed by atoms with Crippen LogP contribution < -0.4 is 0 Å². The molecule has 0 atom stereocenters. The summed E-state index contributed by atoms with van der Waals surface area (Å²) < 4.78 is 12.2. The van der Waals surface area contributed by atoms with E-state index in [0.29, 0.717) is 0 Å². The van der Waals surface area contributed by atoms with Crippen molar-refractivity contribution in [2.75, 3.05) is 0 Å². The summed E-state index contributed by atoms with van der Waals surface area (Å²) in [4.78, 5) is 0. The van der Waals surface area contributed by atoms with Crippen molar-refractivity contribution in [1.29, 1.82) is 0 Å². The Morgan fingerprint density at radius 2 is 1.35 bits per heavy atom. The van der Waals surface area contributed by atoms with Crippen LogP contribution in [0.15, 0.2) is 12.3 Å². The highest BCUT2D eigenvalue weighted by molar-refractivity contribution is 6.83.